The van der Waals surface area contributed by atoms with Gasteiger partial charge in [-0.25, -0.2) is 14.2 Å². The number of amides is 1. The van der Waals surface area contributed by atoms with Crippen molar-refractivity contribution < 1.29 is 18.7 Å². The average Bonchev–Trinajstić information content (AvgIpc) is 3.26. The first kappa shape index (κ1) is 19.9. The van der Waals surface area contributed by atoms with Crippen LogP contribution in [0.25, 0.3) is 22.2 Å². The second kappa shape index (κ2) is 8.23. The number of carbonyl (C=O) groups is 2. The largest absolute Gasteiger partial charge is 0.452 e. The van der Waals surface area contributed by atoms with Crippen molar-refractivity contribution in [2.45, 2.75) is 6.42 Å². The molecule has 0 N–H and O–H groups in total. The van der Waals surface area contributed by atoms with Crippen molar-refractivity contribution in [3.8, 4) is 11.3 Å². The number of para-hydroxylation sites is 2. The van der Waals surface area contributed by atoms with E-state index in [9.17, 15) is 14.0 Å². The van der Waals surface area contributed by atoms with Crippen LogP contribution in [0, 0.1) is 5.82 Å². The second-order valence-electron chi connectivity index (χ2n) is 7.58. The van der Waals surface area contributed by atoms with Crippen LogP contribution >= 0.6 is 0 Å². The summed E-state index contributed by atoms with van der Waals surface area (Å²) in [5.74, 6) is -1.22. The molecular formula is C26H19FN2O3. The number of pyridine rings is 1. The fourth-order valence-electron chi connectivity index (χ4n) is 3.99. The highest BCUT2D eigenvalue weighted by Crippen LogP contribution is 2.28. The van der Waals surface area contributed by atoms with Crippen LogP contribution in [-0.2, 0) is 16.0 Å². The standard InChI is InChI=1S/C26H19FN2O3/c27-19-11-9-17(10-12-19)23-15-21(20-6-2-3-7-22(20)28-23)26(31)32-16-25(30)29-14-13-18-5-1-4-8-24(18)29/h1-12,15H,13-14,16H2. The Morgan fingerprint density at radius 3 is 2.56 bits per heavy atom. The fraction of sp³-hybridized carbons (Fsp3) is 0.115. The van der Waals surface area contributed by atoms with Gasteiger partial charge in [-0.3, -0.25) is 4.79 Å². The number of halogens is 1. The maximum atomic E-state index is 13.3. The van der Waals surface area contributed by atoms with Crippen LogP contribution < -0.4 is 4.90 Å². The summed E-state index contributed by atoms with van der Waals surface area (Å²) in [5, 5.41) is 0.627. The van der Waals surface area contributed by atoms with Crippen LogP contribution in [0.5, 0.6) is 0 Å². The van der Waals surface area contributed by atoms with Gasteiger partial charge in [-0.1, -0.05) is 36.4 Å². The van der Waals surface area contributed by atoms with Gasteiger partial charge in [0, 0.05) is 23.2 Å². The van der Waals surface area contributed by atoms with Crippen LogP contribution in [0.15, 0.2) is 78.9 Å². The van der Waals surface area contributed by atoms with Gasteiger partial charge >= 0.3 is 5.97 Å². The third-order valence-electron chi connectivity index (χ3n) is 5.59. The first-order valence-electron chi connectivity index (χ1n) is 10.3. The van der Waals surface area contributed by atoms with E-state index in [2.05, 4.69) is 4.98 Å². The van der Waals surface area contributed by atoms with Gasteiger partial charge in [0.15, 0.2) is 6.61 Å². The topological polar surface area (TPSA) is 59.5 Å². The highest BCUT2D eigenvalue weighted by Gasteiger charge is 2.25. The number of hydrogen-bond acceptors (Lipinski definition) is 4. The van der Waals surface area contributed by atoms with Crippen LogP contribution in [0.4, 0.5) is 10.1 Å². The third kappa shape index (κ3) is 3.71. The molecule has 0 saturated heterocycles. The van der Waals surface area contributed by atoms with E-state index in [-0.39, 0.29) is 18.3 Å². The summed E-state index contributed by atoms with van der Waals surface area (Å²) in [4.78, 5) is 32.0. The molecule has 3 aromatic carbocycles. The maximum Gasteiger partial charge on any atom is 0.339 e. The Labute approximate surface area is 184 Å². The Kier molecular flexibility index (Phi) is 5.11. The van der Waals surface area contributed by atoms with E-state index in [1.54, 1.807) is 35.2 Å². The molecule has 0 spiro atoms. The van der Waals surface area contributed by atoms with E-state index in [1.807, 2.05) is 36.4 Å². The van der Waals surface area contributed by atoms with Crippen molar-refractivity contribution in [3.63, 3.8) is 0 Å². The van der Waals surface area contributed by atoms with Crippen molar-refractivity contribution in [2.24, 2.45) is 0 Å². The molecule has 0 saturated carbocycles. The molecule has 5 rings (SSSR count). The lowest BCUT2D eigenvalue weighted by atomic mass is 10.0. The third-order valence-corrected chi connectivity index (χ3v) is 5.59. The minimum absolute atomic E-state index is 0.264. The Bertz CT molecular complexity index is 1330. The number of anilines is 1. The predicted octanol–water partition coefficient (Wildman–Crippen LogP) is 4.79. The predicted molar refractivity (Wildman–Crippen MR) is 120 cm³/mol. The number of fused-ring (bicyclic) bond motifs is 2. The van der Waals surface area contributed by atoms with Gasteiger partial charge in [0.2, 0.25) is 0 Å². The molecule has 158 valence electrons. The Hall–Kier alpha value is -4.06. The minimum Gasteiger partial charge on any atom is -0.452 e. The zero-order chi connectivity index (χ0) is 22.1. The van der Waals surface area contributed by atoms with Gasteiger partial charge in [-0.2, -0.15) is 0 Å². The number of benzene rings is 3. The molecule has 6 heteroatoms. The summed E-state index contributed by atoms with van der Waals surface area (Å²) in [6.07, 6.45) is 0.784. The smallest absolute Gasteiger partial charge is 0.339 e. The summed E-state index contributed by atoms with van der Waals surface area (Å²) in [5.41, 5.74) is 4.09. The van der Waals surface area contributed by atoms with Gasteiger partial charge in [-0.05, 0) is 54.4 Å². The number of carbonyl (C=O) groups excluding carboxylic acids is 2. The van der Waals surface area contributed by atoms with E-state index in [0.717, 1.165) is 17.7 Å². The minimum atomic E-state index is -0.604. The molecule has 1 amide bonds. The highest BCUT2D eigenvalue weighted by molar-refractivity contribution is 6.06. The lowest BCUT2D eigenvalue weighted by Crippen LogP contribution is -2.33. The molecule has 2 heterocycles. The first-order chi connectivity index (χ1) is 15.6. The fourth-order valence-corrected chi connectivity index (χ4v) is 3.99. The van der Waals surface area contributed by atoms with Crippen molar-refractivity contribution in [1.82, 2.24) is 4.98 Å². The molecule has 0 fully saturated rings. The average molecular weight is 426 g/mol. The second-order valence-corrected chi connectivity index (χ2v) is 7.58. The monoisotopic (exact) mass is 426 g/mol. The van der Waals surface area contributed by atoms with Crippen LogP contribution in [0.1, 0.15) is 15.9 Å². The van der Waals surface area contributed by atoms with Crippen molar-refractivity contribution in [1.29, 1.82) is 0 Å². The lowest BCUT2D eigenvalue weighted by molar-refractivity contribution is -0.121. The number of rotatable bonds is 4. The summed E-state index contributed by atoms with van der Waals surface area (Å²) in [6, 6.07) is 22.5. The van der Waals surface area contributed by atoms with Gasteiger partial charge in [0.1, 0.15) is 5.82 Å². The van der Waals surface area contributed by atoms with E-state index in [0.29, 0.717) is 34.3 Å². The van der Waals surface area contributed by atoms with Gasteiger partial charge in [-0.15, -0.1) is 0 Å². The molecule has 0 aliphatic carbocycles. The van der Waals surface area contributed by atoms with Crippen molar-refractivity contribution in [3.05, 3.63) is 95.8 Å². The first-order valence-corrected chi connectivity index (χ1v) is 10.3. The molecule has 0 bridgehead atoms. The molecule has 1 aliphatic rings. The zero-order valence-electron chi connectivity index (χ0n) is 17.1. The Morgan fingerprint density at radius 1 is 0.969 bits per heavy atom. The molecule has 32 heavy (non-hydrogen) atoms. The SMILES string of the molecule is O=C(OCC(=O)N1CCc2ccccc21)c1cc(-c2ccc(F)cc2)nc2ccccc12. The van der Waals surface area contributed by atoms with Crippen LogP contribution in [0.2, 0.25) is 0 Å². The molecule has 0 radical (unpaired) electrons. The Morgan fingerprint density at radius 2 is 1.72 bits per heavy atom. The molecule has 0 atom stereocenters. The van der Waals surface area contributed by atoms with E-state index in [4.69, 9.17) is 4.74 Å². The summed E-state index contributed by atoms with van der Waals surface area (Å²) < 4.78 is 18.7. The van der Waals surface area contributed by atoms with Gasteiger partial charge < -0.3 is 9.64 Å². The molecular weight excluding hydrogens is 407 g/mol. The molecule has 5 nitrogen and oxygen atoms in total. The number of ether oxygens (including phenoxy) is 1. The number of hydrogen-bond donors (Lipinski definition) is 0. The van der Waals surface area contributed by atoms with E-state index < -0.39 is 5.97 Å². The number of aromatic nitrogens is 1. The lowest BCUT2D eigenvalue weighted by Gasteiger charge is -2.17. The van der Waals surface area contributed by atoms with Gasteiger partial charge in [0.25, 0.3) is 5.91 Å². The normalized spacial score (nSPS) is 12.6. The summed E-state index contributed by atoms with van der Waals surface area (Å²) in [7, 11) is 0. The van der Waals surface area contributed by atoms with Crippen LogP contribution in [0.3, 0.4) is 0 Å². The van der Waals surface area contributed by atoms with E-state index >= 15 is 0 Å². The maximum absolute atomic E-state index is 13.3. The van der Waals surface area contributed by atoms with E-state index in [1.165, 1.54) is 12.1 Å². The van der Waals surface area contributed by atoms with Crippen molar-refractivity contribution >= 4 is 28.5 Å². The van der Waals surface area contributed by atoms with Crippen molar-refractivity contribution in [2.75, 3.05) is 18.1 Å². The van der Waals surface area contributed by atoms with Gasteiger partial charge in [0.05, 0.1) is 16.8 Å². The Balaban J connectivity index is 1.41. The number of nitrogens with zero attached hydrogens (tertiary/aromatic N) is 2. The molecule has 1 aromatic heterocycles. The summed E-state index contributed by atoms with van der Waals surface area (Å²) >= 11 is 0. The zero-order valence-corrected chi connectivity index (χ0v) is 17.1. The molecule has 0 unspecified atom stereocenters. The number of esters is 1. The summed E-state index contributed by atoms with van der Waals surface area (Å²) in [6.45, 7) is 0.221. The molecule has 4 aromatic rings. The quantitative estimate of drug-likeness (QED) is 0.441. The molecule has 1 aliphatic heterocycles. The van der Waals surface area contributed by atoms with Crippen LogP contribution in [-0.4, -0.2) is 30.0 Å². The highest BCUT2D eigenvalue weighted by atomic mass is 19.1.